The topological polar surface area (TPSA) is 55.4 Å². The number of hydrogen-bond acceptors (Lipinski definition) is 3. The zero-order chi connectivity index (χ0) is 17.1. The number of amides is 1. The van der Waals surface area contributed by atoms with E-state index in [0.717, 1.165) is 19.3 Å². The molecule has 0 bridgehead atoms. The Hall–Kier alpha value is -2.28. The van der Waals surface area contributed by atoms with E-state index in [1.165, 1.54) is 18.9 Å². The van der Waals surface area contributed by atoms with Gasteiger partial charge in [0.1, 0.15) is 0 Å². The molecule has 0 spiro atoms. The number of ether oxygens (including phenoxy) is 1. The van der Waals surface area contributed by atoms with Gasteiger partial charge in [-0.25, -0.2) is 4.79 Å². The van der Waals surface area contributed by atoms with Crippen LogP contribution in [0, 0.1) is 12.3 Å². The molecule has 0 aliphatic heterocycles. The van der Waals surface area contributed by atoms with Gasteiger partial charge in [-0.15, -0.1) is 6.42 Å². The van der Waals surface area contributed by atoms with Crippen molar-refractivity contribution in [3.63, 3.8) is 0 Å². The van der Waals surface area contributed by atoms with E-state index in [2.05, 4.69) is 18.2 Å². The van der Waals surface area contributed by atoms with Gasteiger partial charge in [0, 0.05) is 5.56 Å². The third-order valence-corrected chi connectivity index (χ3v) is 3.48. The highest BCUT2D eigenvalue weighted by molar-refractivity contribution is 5.98. The minimum absolute atomic E-state index is 0.127. The lowest BCUT2D eigenvalue weighted by molar-refractivity contribution is 0.0319. The van der Waals surface area contributed by atoms with Crippen LogP contribution in [0.15, 0.2) is 24.3 Å². The summed E-state index contributed by atoms with van der Waals surface area (Å²) in [7, 11) is 0. The fraction of sp³-hybridized carbons (Fsp3) is 0.474. The molecule has 0 aliphatic rings. The first-order valence-corrected chi connectivity index (χ1v) is 8.11. The van der Waals surface area contributed by atoms with E-state index in [9.17, 15) is 9.59 Å². The van der Waals surface area contributed by atoms with Gasteiger partial charge in [-0.2, -0.15) is 0 Å². The number of nitrogens with one attached hydrogen (secondary N) is 1. The Kier molecular flexibility index (Phi) is 8.52. The summed E-state index contributed by atoms with van der Waals surface area (Å²) in [5, 5.41) is 2.57. The van der Waals surface area contributed by atoms with E-state index in [0.29, 0.717) is 11.1 Å². The molecule has 1 atom stereocenters. The minimum Gasteiger partial charge on any atom is -0.459 e. The lowest BCUT2D eigenvalue weighted by Crippen LogP contribution is -2.24. The lowest BCUT2D eigenvalue weighted by Gasteiger charge is -2.13. The molecule has 4 nitrogen and oxygen atoms in total. The summed E-state index contributed by atoms with van der Waals surface area (Å²) in [6, 6.07) is 6.46. The largest absolute Gasteiger partial charge is 0.459 e. The van der Waals surface area contributed by atoms with Crippen LogP contribution in [-0.4, -0.2) is 24.5 Å². The summed E-state index contributed by atoms with van der Waals surface area (Å²) in [6.07, 6.45) is 10.4. The van der Waals surface area contributed by atoms with Crippen molar-refractivity contribution in [3.05, 3.63) is 35.4 Å². The Morgan fingerprint density at radius 3 is 2.70 bits per heavy atom. The SMILES string of the molecule is C#CCNC(=O)c1cccc(C(=O)O[C@@H](C)CCCCCC)c1. The van der Waals surface area contributed by atoms with Crippen molar-refractivity contribution in [2.45, 2.75) is 52.1 Å². The first-order valence-electron chi connectivity index (χ1n) is 8.11. The zero-order valence-electron chi connectivity index (χ0n) is 13.9. The zero-order valence-corrected chi connectivity index (χ0v) is 13.9. The molecule has 1 rings (SSSR count). The third kappa shape index (κ3) is 7.01. The van der Waals surface area contributed by atoms with Gasteiger partial charge in [0.15, 0.2) is 0 Å². The van der Waals surface area contributed by atoms with Gasteiger partial charge >= 0.3 is 5.97 Å². The average Bonchev–Trinajstić information content (AvgIpc) is 2.56. The first-order chi connectivity index (χ1) is 11.1. The fourth-order valence-corrected chi connectivity index (χ4v) is 2.19. The predicted octanol–water partition coefficient (Wildman–Crippen LogP) is 3.57. The Labute approximate surface area is 138 Å². The molecule has 1 amide bonds. The molecule has 0 saturated carbocycles. The Balaban J connectivity index is 2.56. The van der Waals surface area contributed by atoms with Crippen LogP contribution >= 0.6 is 0 Å². The molecule has 0 aliphatic carbocycles. The van der Waals surface area contributed by atoms with Crippen LogP contribution in [0.5, 0.6) is 0 Å². The van der Waals surface area contributed by atoms with Crippen LogP contribution in [0.1, 0.15) is 66.7 Å². The van der Waals surface area contributed by atoms with Crippen molar-refractivity contribution in [2.24, 2.45) is 0 Å². The van der Waals surface area contributed by atoms with Crippen LogP contribution in [0.25, 0.3) is 0 Å². The highest BCUT2D eigenvalue weighted by Gasteiger charge is 2.14. The molecular weight excluding hydrogens is 290 g/mol. The summed E-state index contributed by atoms with van der Waals surface area (Å²) >= 11 is 0. The smallest absolute Gasteiger partial charge is 0.338 e. The normalized spacial score (nSPS) is 11.3. The number of carbonyl (C=O) groups excluding carboxylic acids is 2. The minimum atomic E-state index is -0.403. The molecule has 1 N–H and O–H groups in total. The van der Waals surface area contributed by atoms with E-state index in [1.807, 2.05) is 6.92 Å². The van der Waals surface area contributed by atoms with Gasteiger partial charge in [0.05, 0.1) is 18.2 Å². The number of terminal acetylenes is 1. The maximum atomic E-state index is 12.1. The van der Waals surface area contributed by atoms with E-state index < -0.39 is 5.97 Å². The van der Waals surface area contributed by atoms with E-state index in [1.54, 1.807) is 18.2 Å². The lowest BCUT2D eigenvalue weighted by atomic mass is 10.1. The van der Waals surface area contributed by atoms with Crippen LogP contribution in [0.2, 0.25) is 0 Å². The predicted molar refractivity (Wildman–Crippen MR) is 91.2 cm³/mol. The Morgan fingerprint density at radius 1 is 1.26 bits per heavy atom. The molecule has 0 heterocycles. The van der Waals surface area contributed by atoms with Crippen molar-refractivity contribution in [3.8, 4) is 12.3 Å². The molecule has 0 saturated heterocycles. The van der Waals surface area contributed by atoms with Crippen molar-refractivity contribution in [2.75, 3.05) is 6.54 Å². The standard InChI is InChI=1S/C19H25NO3/c1-4-6-7-8-10-15(3)23-19(22)17-12-9-11-16(14-17)18(21)20-13-5-2/h2,9,11-12,14-15H,4,6-8,10,13H2,1,3H3,(H,20,21)/t15-/m0/s1. The Morgan fingerprint density at radius 2 is 2.00 bits per heavy atom. The highest BCUT2D eigenvalue weighted by Crippen LogP contribution is 2.12. The maximum Gasteiger partial charge on any atom is 0.338 e. The quantitative estimate of drug-likeness (QED) is 0.430. The number of hydrogen-bond donors (Lipinski definition) is 1. The molecule has 124 valence electrons. The van der Waals surface area contributed by atoms with Crippen molar-refractivity contribution in [1.82, 2.24) is 5.32 Å². The number of unbranched alkanes of at least 4 members (excludes halogenated alkanes) is 3. The molecule has 1 aromatic rings. The van der Waals surface area contributed by atoms with Crippen LogP contribution < -0.4 is 5.32 Å². The third-order valence-electron chi connectivity index (χ3n) is 3.48. The summed E-state index contributed by atoms with van der Waals surface area (Å²) in [6.45, 7) is 4.21. The molecule has 0 aromatic heterocycles. The van der Waals surface area contributed by atoms with Gasteiger partial charge < -0.3 is 10.1 Å². The van der Waals surface area contributed by atoms with Crippen LogP contribution in [-0.2, 0) is 4.74 Å². The number of esters is 1. The second kappa shape index (κ2) is 10.4. The van der Waals surface area contributed by atoms with E-state index >= 15 is 0 Å². The fourth-order valence-electron chi connectivity index (χ4n) is 2.19. The first kappa shape index (κ1) is 18.8. The summed E-state index contributed by atoms with van der Waals surface area (Å²) in [5.74, 6) is 1.63. The number of benzene rings is 1. The Bertz CT molecular complexity index is 560. The molecule has 0 radical (unpaired) electrons. The second-order valence-corrected chi connectivity index (χ2v) is 5.53. The maximum absolute atomic E-state index is 12.1. The molecule has 23 heavy (non-hydrogen) atoms. The summed E-state index contributed by atoms with van der Waals surface area (Å²) < 4.78 is 5.43. The summed E-state index contributed by atoms with van der Waals surface area (Å²) in [4.78, 5) is 24.0. The monoisotopic (exact) mass is 315 g/mol. The van der Waals surface area contributed by atoms with Crippen molar-refractivity contribution < 1.29 is 14.3 Å². The average molecular weight is 315 g/mol. The van der Waals surface area contributed by atoms with E-state index in [4.69, 9.17) is 11.2 Å². The van der Waals surface area contributed by atoms with Gasteiger partial charge in [-0.3, -0.25) is 4.79 Å². The van der Waals surface area contributed by atoms with E-state index in [-0.39, 0.29) is 18.6 Å². The van der Waals surface area contributed by atoms with Crippen molar-refractivity contribution >= 4 is 11.9 Å². The van der Waals surface area contributed by atoms with Crippen LogP contribution in [0.3, 0.4) is 0 Å². The molecular formula is C19H25NO3. The summed E-state index contributed by atoms with van der Waals surface area (Å²) in [5.41, 5.74) is 0.768. The number of rotatable bonds is 9. The number of carbonyl (C=O) groups is 2. The van der Waals surface area contributed by atoms with Crippen LogP contribution in [0.4, 0.5) is 0 Å². The van der Waals surface area contributed by atoms with Crippen molar-refractivity contribution in [1.29, 1.82) is 0 Å². The van der Waals surface area contributed by atoms with Gasteiger partial charge in [-0.05, 0) is 38.0 Å². The second-order valence-electron chi connectivity index (χ2n) is 5.53. The molecule has 0 fully saturated rings. The van der Waals surface area contributed by atoms with Gasteiger partial charge in [0.2, 0.25) is 0 Å². The molecule has 4 heteroatoms. The highest BCUT2D eigenvalue weighted by atomic mass is 16.5. The van der Waals surface area contributed by atoms with Gasteiger partial charge in [0.25, 0.3) is 5.91 Å². The molecule has 1 aromatic carbocycles. The van der Waals surface area contributed by atoms with Gasteiger partial charge in [-0.1, -0.05) is 38.2 Å². The molecule has 0 unspecified atom stereocenters.